The molecule has 0 bridgehead atoms. The quantitative estimate of drug-likeness (QED) is 0.323. The van der Waals surface area contributed by atoms with Crippen LogP contribution in [0, 0.1) is 11.5 Å². The Hall–Kier alpha value is -2.46. The predicted octanol–water partition coefficient (Wildman–Crippen LogP) is 4.86. The molecule has 0 amide bonds. The number of benzene rings is 2. The van der Waals surface area contributed by atoms with E-state index in [0.29, 0.717) is 24.3 Å². The minimum absolute atomic E-state index is 0.137. The van der Waals surface area contributed by atoms with Gasteiger partial charge in [0.1, 0.15) is 27.0 Å². The third kappa shape index (κ3) is 8.77. The van der Waals surface area contributed by atoms with E-state index < -0.39 is 20.3 Å². The first-order chi connectivity index (χ1) is 15.9. The molecule has 2 N–H and O–H groups in total. The van der Waals surface area contributed by atoms with E-state index in [1.54, 1.807) is 19.2 Å². The summed E-state index contributed by atoms with van der Waals surface area (Å²) in [5.74, 6) is 5.08. The van der Waals surface area contributed by atoms with E-state index in [-0.39, 0.29) is 13.2 Å². The Balaban J connectivity index is 1.85. The fraction of sp³-hybridized carbons (Fsp3) is 0.481. The van der Waals surface area contributed by atoms with Crippen LogP contribution in [0.1, 0.15) is 32.8 Å². The Bertz CT molecular complexity index is 875. The van der Waals surface area contributed by atoms with Gasteiger partial charge in [-0.3, -0.25) is 0 Å². The second-order valence-corrected chi connectivity index (χ2v) is 13.2. The summed E-state index contributed by atoms with van der Waals surface area (Å²) in [4.78, 5) is 0. The van der Waals surface area contributed by atoms with Gasteiger partial charge in [0.25, 0.3) is 0 Å². The molecule has 0 fully saturated rings. The van der Waals surface area contributed by atoms with Gasteiger partial charge in [-0.1, -0.05) is 45.0 Å². The van der Waals surface area contributed by atoms with Crippen molar-refractivity contribution in [2.75, 3.05) is 20.3 Å². The average molecular weight is 471 g/mol. The van der Waals surface area contributed by atoms with Gasteiger partial charge in [-0.05, 0) is 48.0 Å². The molecule has 0 radical (unpaired) electrons. The predicted molar refractivity (Wildman–Crippen MR) is 136 cm³/mol. The first-order valence-corrected chi connectivity index (χ1v) is 14.4. The van der Waals surface area contributed by atoms with Crippen molar-refractivity contribution in [3.8, 4) is 28.7 Å². The largest absolute Gasteiger partial charge is 0.497 e. The van der Waals surface area contributed by atoms with Crippen molar-refractivity contribution in [1.29, 1.82) is 0 Å². The second kappa shape index (κ2) is 13.9. The molecule has 2 atom stereocenters. The summed E-state index contributed by atoms with van der Waals surface area (Å²) >= 11 is 0. The van der Waals surface area contributed by atoms with Crippen LogP contribution in [0.2, 0.25) is 18.1 Å². The van der Waals surface area contributed by atoms with Crippen LogP contribution >= 0.6 is 0 Å². The first kappa shape index (κ1) is 26.8. The van der Waals surface area contributed by atoms with Crippen LogP contribution in [0.5, 0.6) is 17.2 Å². The molecule has 0 saturated heterocycles. The van der Waals surface area contributed by atoms with E-state index in [0.717, 1.165) is 29.4 Å². The number of ether oxygens (including phenoxy) is 3. The van der Waals surface area contributed by atoms with Crippen molar-refractivity contribution in [2.45, 2.75) is 64.0 Å². The highest BCUT2D eigenvalue weighted by Crippen LogP contribution is 2.27. The van der Waals surface area contributed by atoms with E-state index in [9.17, 15) is 10.2 Å². The molecule has 0 aliphatic carbocycles. The van der Waals surface area contributed by atoms with Crippen LogP contribution < -0.4 is 14.2 Å². The molecule has 0 aliphatic rings. The third-order valence-electron chi connectivity index (χ3n) is 6.06. The molecule has 2 unspecified atom stereocenters. The van der Waals surface area contributed by atoms with E-state index in [1.165, 1.54) is 0 Å². The van der Waals surface area contributed by atoms with Crippen LogP contribution in [0.3, 0.4) is 0 Å². The number of aliphatic hydroxyl groups excluding tert-OH is 2. The van der Waals surface area contributed by atoms with Gasteiger partial charge in [-0.25, -0.2) is 0 Å². The van der Waals surface area contributed by atoms with Gasteiger partial charge in [0.05, 0.1) is 19.3 Å². The molecular weight excluding hydrogens is 432 g/mol. The summed E-state index contributed by atoms with van der Waals surface area (Å²) in [6.07, 6.45) is -0.447. The summed E-state index contributed by atoms with van der Waals surface area (Å²) in [7, 11) is 0.128. The zero-order chi connectivity index (χ0) is 24.1. The van der Waals surface area contributed by atoms with E-state index in [4.69, 9.17) is 14.2 Å². The molecule has 2 rings (SSSR count). The fourth-order valence-corrected chi connectivity index (χ4v) is 6.09. The van der Waals surface area contributed by atoms with Crippen molar-refractivity contribution >= 4 is 8.07 Å². The number of rotatable bonds is 13. The van der Waals surface area contributed by atoms with Crippen molar-refractivity contribution in [3.63, 3.8) is 0 Å². The minimum Gasteiger partial charge on any atom is -0.497 e. The normalized spacial score (nSPS) is 12.9. The van der Waals surface area contributed by atoms with Crippen molar-refractivity contribution in [1.82, 2.24) is 0 Å². The SMILES string of the molecule is CC[Si](C#CCC(O)COc1ccccc1OCC(O)Cc1ccc(OC)cc1)(CC)CC. The Kier molecular flexibility index (Phi) is 11.3. The molecule has 5 nitrogen and oxygen atoms in total. The lowest BCUT2D eigenvalue weighted by atomic mass is 10.1. The van der Waals surface area contributed by atoms with E-state index in [1.807, 2.05) is 36.4 Å². The van der Waals surface area contributed by atoms with Gasteiger partial charge in [0.15, 0.2) is 11.5 Å². The molecule has 0 aliphatic heterocycles. The maximum atomic E-state index is 10.4. The zero-order valence-corrected chi connectivity index (χ0v) is 21.3. The first-order valence-electron chi connectivity index (χ1n) is 11.8. The van der Waals surface area contributed by atoms with Crippen molar-refractivity contribution in [3.05, 3.63) is 54.1 Å². The molecule has 2 aromatic rings. The fourth-order valence-electron chi connectivity index (χ4n) is 3.58. The standard InChI is InChI=1S/C27H38O5Si/c1-5-33(6-2,7-3)18-10-11-23(28)20-31-26-12-8-9-13-27(26)32-21-24(29)19-22-14-16-25(30-4)17-15-22/h8-9,12-17,23-24,28-29H,5-7,11,19-21H2,1-4H3. The molecule has 0 spiro atoms. The highest BCUT2D eigenvalue weighted by atomic mass is 28.3. The second-order valence-electron chi connectivity index (χ2n) is 8.28. The highest BCUT2D eigenvalue weighted by molar-refractivity contribution is 6.87. The highest BCUT2D eigenvalue weighted by Gasteiger charge is 2.24. The summed E-state index contributed by atoms with van der Waals surface area (Å²) in [6.45, 7) is 6.94. The summed E-state index contributed by atoms with van der Waals surface area (Å²) in [5, 5.41) is 20.7. The van der Waals surface area contributed by atoms with Gasteiger partial charge in [-0.2, -0.15) is 0 Å². The maximum Gasteiger partial charge on any atom is 0.161 e. The number of hydrogen-bond acceptors (Lipinski definition) is 5. The summed E-state index contributed by atoms with van der Waals surface area (Å²) in [6, 6.07) is 18.3. The van der Waals surface area contributed by atoms with Crippen LogP contribution in [0.4, 0.5) is 0 Å². The number of para-hydroxylation sites is 2. The van der Waals surface area contributed by atoms with Gasteiger partial charge < -0.3 is 24.4 Å². The van der Waals surface area contributed by atoms with Gasteiger partial charge in [-0.15, -0.1) is 11.5 Å². The third-order valence-corrected chi connectivity index (χ3v) is 10.8. The van der Waals surface area contributed by atoms with Crippen LogP contribution in [0.15, 0.2) is 48.5 Å². The van der Waals surface area contributed by atoms with Crippen LogP contribution in [0.25, 0.3) is 0 Å². The van der Waals surface area contributed by atoms with Crippen molar-refractivity contribution in [2.24, 2.45) is 0 Å². The topological polar surface area (TPSA) is 68.2 Å². The molecule has 0 saturated carbocycles. The lowest BCUT2D eigenvalue weighted by Crippen LogP contribution is -2.29. The Labute approximate surface area is 199 Å². The van der Waals surface area contributed by atoms with Gasteiger partial charge in [0.2, 0.25) is 0 Å². The van der Waals surface area contributed by atoms with E-state index in [2.05, 4.69) is 32.2 Å². The van der Waals surface area contributed by atoms with Crippen LogP contribution in [-0.4, -0.2) is 50.8 Å². The van der Waals surface area contributed by atoms with Gasteiger partial charge >= 0.3 is 0 Å². The Morgan fingerprint density at radius 3 is 1.88 bits per heavy atom. The summed E-state index contributed by atoms with van der Waals surface area (Å²) in [5.41, 5.74) is 4.50. The van der Waals surface area contributed by atoms with Crippen LogP contribution in [-0.2, 0) is 6.42 Å². The monoisotopic (exact) mass is 470 g/mol. The van der Waals surface area contributed by atoms with E-state index >= 15 is 0 Å². The number of aliphatic hydroxyl groups is 2. The molecule has 2 aromatic carbocycles. The minimum atomic E-state index is -1.50. The molecule has 33 heavy (non-hydrogen) atoms. The lowest BCUT2D eigenvalue weighted by Gasteiger charge is -2.20. The summed E-state index contributed by atoms with van der Waals surface area (Å²) < 4.78 is 16.8. The van der Waals surface area contributed by atoms with Gasteiger partial charge in [0, 0.05) is 12.8 Å². The molecule has 6 heteroatoms. The number of hydrogen-bond donors (Lipinski definition) is 2. The zero-order valence-electron chi connectivity index (χ0n) is 20.3. The molecule has 0 aromatic heterocycles. The number of methoxy groups -OCH3 is 1. The molecular formula is C27H38O5Si. The molecule has 180 valence electrons. The maximum absolute atomic E-state index is 10.4. The lowest BCUT2D eigenvalue weighted by molar-refractivity contribution is 0.0950. The molecule has 0 heterocycles. The smallest absolute Gasteiger partial charge is 0.161 e. The average Bonchev–Trinajstić information content (AvgIpc) is 2.85. The Morgan fingerprint density at radius 1 is 0.818 bits per heavy atom. The Morgan fingerprint density at radius 2 is 1.36 bits per heavy atom. The van der Waals surface area contributed by atoms with Crippen molar-refractivity contribution < 1.29 is 24.4 Å².